The fourth-order valence-electron chi connectivity index (χ4n) is 3.17. The zero-order valence-electron chi connectivity index (χ0n) is 14.0. The summed E-state index contributed by atoms with van der Waals surface area (Å²) in [4.78, 5) is 5.00. The molecule has 0 bridgehead atoms. The van der Waals surface area contributed by atoms with Crippen LogP contribution >= 0.6 is 0 Å². The smallest absolute Gasteiger partial charge is 0.0102 e. The maximum atomic E-state index is 3.57. The molecule has 0 aliphatic carbocycles. The van der Waals surface area contributed by atoms with Crippen LogP contribution in [0.3, 0.4) is 0 Å². The summed E-state index contributed by atoms with van der Waals surface area (Å²) in [6.07, 6.45) is 2.73. The van der Waals surface area contributed by atoms with E-state index in [1.165, 1.54) is 39.0 Å². The molecule has 114 valence electrons. The van der Waals surface area contributed by atoms with Crippen molar-refractivity contribution in [1.29, 1.82) is 0 Å². The molecule has 1 fully saturated rings. The number of hydrogen-bond acceptors (Lipinski definition) is 3. The monoisotopic (exact) mass is 269 g/mol. The van der Waals surface area contributed by atoms with Crippen molar-refractivity contribution in [1.82, 2.24) is 15.1 Å². The van der Waals surface area contributed by atoms with Gasteiger partial charge in [-0.15, -0.1) is 0 Å². The third-order valence-corrected chi connectivity index (χ3v) is 4.77. The number of rotatable bonds is 7. The first-order valence-electron chi connectivity index (χ1n) is 7.95. The molecule has 0 aromatic heterocycles. The average Bonchev–Trinajstić information content (AvgIpc) is 2.31. The highest BCUT2D eigenvalue weighted by molar-refractivity contribution is 4.84. The lowest BCUT2D eigenvalue weighted by atomic mass is 9.84. The van der Waals surface area contributed by atoms with Gasteiger partial charge in [0.1, 0.15) is 0 Å². The van der Waals surface area contributed by atoms with Gasteiger partial charge in [-0.2, -0.15) is 0 Å². The van der Waals surface area contributed by atoms with Crippen LogP contribution < -0.4 is 5.32 Å². The molecule has 1 rings (SSSR count). The van der Waals surface area contributed by atoms with Gasteiger partial charge in [0.15, 0.2) is 0 Å². The van der Waals surface area contributed by atoms with E-state index in [2.05, 4.69) is 56.9 Å². The summed E-state index contributed by atoms with van der Waals surface area (Å²) < 4.78 is 0. The van der Waals surface area contributed by atoms with Gasteiger partial charge in [0.05, 0.1) is 0 Å². The van der Waals surface area contributed by atoms with Crippen molar-refractivity contribution >= 4 is 0 Å². The normalized spacial score (nSPS) is 21.0. The first kappa shape index (κ1) is 16.9. The highest BCUT2D eigenvalue weighted by Gasteiger charge is 2.28. The minimum atomic E-state index is 0.330. The first-order valence-corrected chi connectivity index (χ1v) is 7.95. The summed E-state index contributed by atoms with van der Waals surface area (Å²) in [5.74, 6) is 0.895. The fraction of sp³-hybridized carbons (Fsp3) is 1.00. The highest BCUT2D eigenvalue weighted by atomic mass is 15.1. The third kappa shape index (κ3) is 5.80. The molecule has 0 aromatic rings. The Labute approximate surface area is 120 Å². The zero-order valence-corrected chi connectivity index (χ0v) is 14.0. The van der Waals surface area contributed by atoms with Crippen LogP contribution in [0.4, 0.5) is 0 Å². The molecule has 1 N–H and O–H groups in total. The van der Waals surface area contributed by atoms with E-state index in [9.17, 15) is 0 Å². The largest absolute Gasteiger partial charge is 0.314 e. The van der Waals surface area contributed by atoms with E-state index in [0.29, 0.717) is 11.5 Å². The Balaban J connectivity index is 2.35. The summed E-state index contributed by atoms with van der Waals surface area (Å²) in [7, 11) is 4.53. The van der Waals surface area contributed by atoms with Crippen LogP contribution in [-0.4, -0.2) is 62.7 Å². The van der Waals surface area contributed by atoms with Gasteiger partial charge in [0, 0.05) is 19.1 Å². The zero-order chi connectivity index (χ0) is 14.5. The second kappa shape index (κ2) is 7.61. The van der Waals surface area contributed by atoms with Gasteiger partial charge in [-0.25, -0.2) is 0 Å². The molecule has 19 heavy (non-hydrogen) atoms. The number of nitrogens with zero attached hydrogens (tertiary/aromatic N) is 2. The Morgan fingerprint density at radius 3 is 2.42 bits per heavy atom. The van der Waals surface area contributed by atoms with Crippen molar-refractivity contribution in [3.05, 3.63) is 0 Å². The van der Waals surface area contributed by atoms with Crippen LogP contribution in [-0.2, 0) is 0 Å². The summed E-state index contributed by atoms with van der Waals surface area (Å²) in [5.41, 5.74) is 0.330. The molecule has 1 aliphatic heterocycles. The first-order chi connectivity index (χ1) is 8.85. The standard InChI is InChI=1S/C16H35N3/c1-7-17-14(2)16(3,4)13-19(6)12-15-8-10-18(5)11-9-15/h14-15,17H,7-13H2,1-6H3. The van der Waals surface area contributed by atoms with E-state index in [1.54, 1.807) is 0 Å². The Morgan fingerprint density at radius 2 is 1.89 bits per heavy atom. The van der Waals surface area contributed by atoms with Gasteiger partial charge in [-0.3, -0.25) is 0 Å². The lowest BCUT2D eigenvalue weighted by molar-refractivity contribution is 0.126. The number of likely N-dealkylation sites (tertiary alicyclic amines) is 1. The molecule has 3 nitrogen and oxygen atoms in total. The lowest BCUT2D eigenvalue weighted by Gasteiger charge is -2.38. The Kier molecular flexibility index (Phi) is 6.78. The molecule has 0 radical (unpaired) electrons. The van der Waals surface area contributed by atoms with Crippen LogP contribution in [0.25, 0.3) is 0 Å². The summed E-state index contributed by atoms with van der Waals surface area (Å²) >= 11 is 0. The molecule has 0 aromatic carbocycles. The number of piperidine rings is 1. The van der Waals surface area contributed by atoms with E-state index < -0.39 is 0 Å². The molecule has 3 heteroatoms. The molecule has 1 atom stereocenters. The van der Waals surface area contributed by atoms with Crippen molar-refractivity contribution in [2.24, 2.45) is 11.3 Å². The topological polar surface area (TPSA) is 18.5 Å². The highest BCUT2D eigenvalue weighted by Crippen LogP contribution is 2.23. The number of nitrogens with one attached hydrogen (secondary N) is 1. The fourth-order valence-corrected chi connectivity index (χ4v) is 3.17. The van der Waals surface area contributed by atoms with Crippen LogP contribution in [0.1, 0.15) is 40.5 Å². The second-order valence-electron chi connectivity index (χ2n) is 7.21. The third-order valence-electron chi connectivity index (χ3n) is 4.77. The minimum Gasteiger partial charge on any atom is -0.314 e. The van der Waals surface area contributed by atoms with Crippen LogP contribution in [0.2, 0.25) is 0 Å². The van der Waals surface area contributed by atoms with Crippen molar-refractivity contribution in [3.63, 3.8) is 0 Å². The van der Waals surface area contributed by atoms with E-state index in [1.807, 2.05) is 0 Å². The summed E-state index contributed by atoms with van der Waals surface area (Å²) in [6, 6.07) is 0.567. The predicted molar refractivity (Wildman–Crippen MR) is 84.6 cm³/mol. The maximum Gasteiger partial charge on any atom is 0.0102 e. The molecule has 1 unspecified atom stereocenters. The van der Waals surface area contributed by atoms with Crippen molar-refractivity contribution < 1.29 is 0 Å². The lowest BCUT2D eigenvalue weighted by Crippen LogP contribution is -2.47. The van der Waals surface area contributed by atoms with E-state index in [-0.39, 0.29) is 0 Å². The second-order valence-corrected chi connectivity index (χ2v) is 7.21. The van der Waals surface area contributed by atoms with Gasteiger partial charge >= 0.3 is 0 Å². The summed E-state index contributed by atoms with van der Waals surface area (Å²) in [5, 5.41) is 3.57. The molecule has 1 saturated heterocycles. The van der Waals surface area contributed by atoms with Gasteiger partial charge in [0.25, 0.3) is 0 Å². The molecule has 1 aliphatic rings. The SMILES string of the molecule is CCNC(C)C(C)(C)CN(C)CC1CCN(C)CC1. The quantitative estimate of drug-likeness (QED) is 0.765. The molecule has 0 saturated carbocycles. The van der Waals surface area contributed by atoms with Gasteiger partial charge < -0.3 is 15.1 Å². The molecule has 0 spiro atoms. The summed E-state index contributed by atoms with van der Waals surface area (Å²) in [6.45, 7) is 15.3. The Morgan fingerprint density at radius 1 is 1.32 bits per heavy atom. The molecule has 1 heterocycles. The Hall–Kier alpha value is -0.120. The predicted octanol–water partition coefficient (Wildman–Crippen LogP) is 2.28. The number of hydrogen-bond donors (Lipinski definition) is 1. The Bertz CT molecular complexity index is 244. The van der Waals surface area contributed by atoms with E-state index >= 15 is 0 Å². The van der Waals surface area contributed by atoms with Crippen LogP contribution in [0, 0.1) is 11.3 Å². The molecular formula is C16H35N3. The average molecular weight is 269 g/mol. The van der Waals surface area contributed by atoms with E-state index in [4.69, 9.17) is 0 Å². The van der Waals surface area contributed by atoms with E-state index in [0.717, 1.165) is 12.5 Å². The van der Waals surface area contributed by atoms with Crippen LogP contribution in [0.5, 0.6) is 0 Å². The van der Waals surface area contributed by atoms with Gasteiger partial charge in [-0.05, 0) is 64.8 Å². The molecule has 0 amide bonds. The van der Waals surface area contributed by atoms with Crippen LogP contribution in [0.15, 0.2) is 0 Å². The minimum absolute atomic E-state index is 0.330. The van der Waals surface area contributed by atoms with Gasteiger partial charge in [0.2, 0.25) is 0 Å². The van der Waals surface area contributed by atoms with Crippen molar-refractivity contribution in [3.8, 4) is 0 Å². The maximum absolute atomic E-state index is 3.57. The van der Waals surface area contributed by atoms with Crippen molar-refractivity contribution in [2.45, 2.75) is 46.6 Å². The van der Waals surface area contributed by atoms with Crippen molar-refractivity contribution in [2.75, 3.05) is 46.8 Å². The van der Waals surface area contributed by atoms with Gasteiger partial charge in [-0.1, -0.05) is 20.8 Å². The molecular weight excluding hydrogens is 234 g/mol.